The predicted molar refractivity (Wildman–Crippen MR) is 126 cm³/mol. The second kappa shape index (κ2) is 9.30. The summed E-state index contributed by atoms with van der Waals surface area (Å²) < 4.78 is 17.8. The molecule has 0 spiro atoms. The standard InChI is InChI=1S/C23H25BrN4O4/c1-23(2)13-32-21(29)12-28(23)7-8-31-20-10-17-18(11-19(20)30-3)25-14-26-22(17)27-16-6-4-5-15(24)9-16/h4-6,9-11,14H,7-8,12-13H2,1-3H3,(H,25,26,27). The Morgan fingerprint density at radius 1 is 1.22 bits per heavy atom. The zero-order valence-corrected chi connectivity index (χ0v) is 19.8. The topological polar surface area (TPSA) is 85.8 Å². The van der Waals surface area contributed by atoms with Crippen molar-refractivity contribution >= 4 is 44.3 Å². The van der Waals surface area contributed by atoms with Crippen LogP contribution in [-0.4, -0.2) is 59.8 Å². The van der Waals surface area contributed by atoms with Crippen molar-refractivity contribution in [3.8, 4) is 11.5 Å². The lowest BCUT2D eigenvalue weighted by Crippen LogP contribution is -2.55. The number of cyclic esters (lactones) is 1. The van der Waals surface area contributed by atoms with Crippen LogP contribution in [0, 0.1) is 0 Å². The highest BCUT2D eigenvalue weighted by Crippen LogP contribution is 2.35. The largest absolute Gasteiger partial charge is 0.493 e. The molecule has 3 aromatic rings. The average molecular weight is 501 g/mol. The number of halogens is 1. The van der Waals surface area contributed by atoms with Crippen molar-refractivity contribution in [1.82, 2.24) is 14.9 Å². The maximum absolute atomic E-state index is 11.7. The molecule has 1 aromatic heterocycles. The van der Waals surface area contributed by atoms with Gasteiger partial charge < -0.3 is 19.5 Å². The van der Waals surface area contributed by atoms with Crippen LogP contribution in [0.5, 0.6) is 11.5 Å². The van der Waals surface area contributed by atoms with Crippen molar-refractivity contribution in [2.45, 2.75) is 19.4 Å². The predicted octanol–water partition coefficient (Wildman–Crippen LogP) is 4.16. The second-order valence-corrected chi connectivity index (χ2v) is 9.04. The summed E-state index contributed by atoms with van der Waals surface area (Å²) in [5.74, 6) is 1.62. The van der Waals surface area contributed by atoms with Crippen LogP contribution in [0.15, 0.2) is 47.2 Å². The highest BCUT2D eigenvalue weighted by molar-refractivity contribution is 9.10. The van der Waals surface area contributed by atoms with E-state index in [0.717, 1.165) is 21.1 Å². The van der Waals surface area contributed by atoms with Gasteiger partial charge in [0.1, 0.15) is 25.4 Å². The molecule has 0 amide bonds. The van der Waals surface area contributed by atoms with Gasteiger partial charge in [-0.2, -0.15) is 0 Å². The number of anilines is 2. The maximum Gasteiger partial charge on any atom is 0.320 e. The van der Waals surface area contributed by atoms with Gasteiger partial charge in [0.2, 0.25) is 0 Å². The molecule has 9 heteroatoms. The van der Waals surface area contributed by atoms with Gasteiger partial charge in [0.05, 0.1) is 24.7 Å². The second-order valence-electron chi connectivity index (χ2n) is 8.12. The minimum Gasteiger partial charge on any atom is -0.493 e. The van der Waals surface area contributed by atoms with Crippen molar-refractivity contribution in [2.24, 2.45) is 0 Å². The Bertz CT molecular complexity index is 1140. The normalized spacial score (nSPS) is 15.9. The van der Waals surface area contributed by atoms with Crippen LogP contribution in [0.25, 0.3) is 10.9 Å². The van der Waals surface area contributed by atoms with E-state index in [1.165, 1.54) is 6.33 Å². The van der Waals surface area contributed by atoms with E-state index < -0.39 is 0 Å². The molecule has 1 saturated heterocycles. The molecule has 4 rings (SSSR count). The quantitative estimate of drug-likeness (QED) is 0.484. The lowest BCUT2D eigenvalue weighted by molar-refractivity contribution is -0.160. The molecule has 168 valence electrons. The molecular weight excluding hydrogens is 476 g/mol. The van der Waals surface area contributed by atoms with Crippen LogP contribution >= 0.6 is 15.9 Å². The Balaban J connectivity index is 1.56. The SMILES string of the molecule is COc1cc2ncnc(Nc3cccc(Br)c3)c2cc1OCCN1CC(=O)OCC1(C)C. The van der Waals surface area contributed by atoms with Crippen molar-refractivity contribution in [2.75, 3.05) is 38.7 Å². The Morgan fingerprint density at radius 2 is 2.06 bits per heavy atom. The van der Waals surface area contributed by atoms with Gasteiger partial charge in [-0.05, 0) is 38.1 Å². The van der Waals surface area contributed by atoms with E-state index in [2.05, 4.69) is 36.1 Å². The van der Waals surface area contributed by atoms with Crippen LogP contribution in [0.1, 0.15) is 13.8 Å². The van der Waals surface area contributed by atoms with Crippen LogP contribution in [0.2, 0.25) is 0 Å². The first-order chi connectivity index (χ1) is 15.4. The highest BCUT2D eigenvalue weighted by atomic mass is 79.9. The number of hydrogen-bond donors (Lipinski definition) is 1. The van der Waals surface area contributed by atoms with Gasteiger partial charge in [0.25, 0.3) is 0 Å². The van der Waals surface area contributed by atoms with Crippen molar-refractivity contribution in [3.63, 3.8) is 0 Å². The Labute approximate surface area is 195 Å². The summed E-state index contributed by atoms with van der Waals surface area (Å²) in [7, 11) is 1.60. The first-order valence-corrected chi connectivity index (χ1v) is 11.0. The van der Waals surface area contributed by atoms with Crippen LogP contribution in [0.3, 0.4) is 0 Å². The molecule has 2 aromatic carbocycles. The number of fused-ring (bicyclic) bond motifs is 1. The number of hydrogen-bond acceptors (Lipinski definition) is 8. The summed E-state index contributed by atoms with van der Waals surface area (Å²) >= 11 is 3.49. The van der Waals surface area contributed by atoms with Gasteiger partial charge in [-0.15, -0.1) is 0 Å². The molecule has 0 bridgehead atoms. The molecule has 1 fully saturated rings. The zero-order valence-electron chi connectivity index (χ0n) is 18.2. The Kier molecular flexibility index (Phi) is 6.48. The third-order valence-corrected chi connectivity index (χ3v) is 5.88. The third kappa shape index (κ3) is 4.94. The van der Waals surface area contributed by atoms with E-state index in [1.54, 1.807) is 7.11 Å². The number of nitrogens with zero attached hydrogens (tertiary/aromatic N) is 3. The van der Waals surface area contributed by atoms with Crippen LogP contribution in [0.4, 0.5) is 11.5 Å². The van der Waals surface area contributed by atoms with Gasteiger partial charge in [-0.25, -0.2) is 9.97 Å². The summed E-state index contributed by atoms with van der Waals surface area (Å²) in [6.07, 6.45) is 1.51. The number of ether oxygens (including phenoxy) is 3. The first-order valence-electron chi connectivity index (χ1n) is 10.2. The number of methoxy groups -OCH3 is 1. The number of rotatable bonds is 7. The number of esters is 1. The van der Waals surface area contributed by atoms with Gasteiger partial charge in [0.15, 0.2) is 11.5 Å². The minimum atomic E-state index is -0.236. The molecule has 1 N–H and O–H groups in total. The summed E-state index contributed by atoms with van der Waals surface area (Å²) in [5.41, 5.74) is 1.40. The van der Waals surface area contributed by atoms with Gasteiger partial charge >= 0.3 is 5.97 Å². The fraction of sp³-hybridized carbons (Fsp3) is 0.348. The summed E-state index contributed by atoms with van der Waals surface area (Å²) in [6, 6.07) is 11.6. The lowest BCUT2D eigenvalue weighted by Gasteiger charge is -2.40. The monoisotopic (exact) mass is 500 g/mol. The Morgan fingerprint density at radius 3 is 2.84 bits per heavy atom. The number of aromatic nitrogens is 2. The van der Waals surface area contributed by atoms with E-state index >= 15 is 0 Å². The van der Waals surface area contributed by atoms with Crippen LogP contribution < -0.4 is 14.8 Å². The summed E-state index contributed by atoms with van der Waals surface area (Å²) in [5, 5.41) is 4.15. The summed E-state index contributed by atoms with van der Waals surface area (Å²) in [6.45, 7) is 5.69. The molecule has 0 atom stereocenters. The molecule has 0 saturated carbocycles. The average Bonchev–Trinajstić information content (AvgIpc) is 2.76. The molecule has 1 aliphatic rings. The first kappa shape index (κ1) is 22.3. The molecule has 1 aliphatic heterocycles. The highest BCUT2D eigenvalue weighted by Gasteiger charge is 2.34. The number of morpholine rings is 1. The van der Waals surface area contributed by atoms with E-state index in [-0.39, 0.29) is 18.1 Å². The molecule has 32 heavy (non-hydrogen) atoms. The number of benzene rings is 2. The van der Waals surface area contributed by atoms with Crippen molar-refractivity contribution in [3.05, 3.63) is 47.2 Å². The van der Waals surface area contributed by atoms with E-state index in [4.69, 9.17) is 14.2 Å². The smallest absolute Gasteiger partial charge is 0.320 e. The van der Waals surface area contributed by atoms with Crippen molar-refractivity contribution in [1.29, 1.82) is 0 Å². The lowest BCUT2D eigenvalue weighted by atomic mass is 10.0. The molecule has 2 heterocycles. The Hall–Kier alpha value is -2.91. The summed E-state index contributed by atoms with van der Waals surface area (Å²) in [4.78, 5) is 22.6. The van der Waals surface area contributed by atoms with E-state index in [9.17, 15) is 4.79 Å². The van der Waals surface area contributed by atoms with E-state index in [1.807, 2.05) is 50.2 Å². The minimum absolute atomic E-state index is 0.215. The van der Waals surface area contributed by atoms with Gasteiger partial charge in [-0.3, -0.25) is 9.69 Å². The fourth-order valence-corrected chi connectivity index (χ4v) is 3.95. The molecule has 0 unspecified atom stereocenters. The number of carbonyl (C=O) groups excluding carboxylic acids is 1. The molecule has 0 aliphatic carbocycles. The molecule has 0 radical (unpaired) electrons. The van der Waals surface area contributed by atoms with Gasteiger partial charge in [-0.1, -0.05) is 22.0 Å². The maximum atomic E-state index is 11.7. The third-order valence-electron chi connectivity index (χ3n) is 5.39. The fourth-order valence-electron chi connectivity index (χ4n) is 3.55. The number of nitrogens with one attached hydrogen (secondary N) is 1. The van der Waals surface area contributed by atoms with Crippen LogP contribution in [-0.2, 0) is 9.53 Å². The molecular formula is C23H25BrN4O4. The number of carbonyl (C=O) groups is 1. The van der Waals surface area contributed by atoms with Crippen molar-refractivity contribution < 1.29 is 19.0 Å². The van der Waals surface area contributed by atoms with Gasteiger partial charge in [0, 0.05) is 28.2 Å². The zero-order chi connectivity index (χ0) is 22.7. The molecule has 8 nitrogen and oxygen atoms in total. The van der Waals surface area contributed by atoms with E-state index in [0.29, 0.717) is 37.1 Å².